The smallest absolute Gasteiger partial charge is 0.347 e. The third kappa shape index (κ3) is 4.92. The van der Waals surface area contributed by atoms with Crippen molar-refractivity contribution in [2.45, 2.75) is 19.0 Å². The number of methoxy groups -OCH3 is 1. The van der Waals surface area contributed by atoms with Gasteiger partial charge in [-0.3, -0.25) is 9.55 Å². The number of hydrogen-bond acceptors (Lipinski definition) is 8. The van der Waals surface area contributed by atoms with Crippen molar-refractivity contribution < 1.29 is 18.6 Å². The second-order valence-corrected chi connectivity index (χ2v) is 10.1. The number of imidazole rings is 1. The molecule has 0 aliphatic carbocycles. The van der Waals surface area contributed by atoms with Crippen molar-refractivity contribution in [2.24, 2.45) is 7.05 Å². The SMILES string of the molecule is COc1cc2ncc3c(c2cc1-c1ccc(OCCCN2CC[C@H](F)C2)nc1)n(N1CCOCC1)c(=O)n3C. The third-order valence-electron chi connectivity index (χ3n) is 7.58. The Bertz CT molecular complexity index is 1530. The van der Waals surface area contributed by atoms with Gasteiger partial charge in [0.05, 0.1) is 57.3 Å². The highest BCUT2D eigenvalue weighted by Gasteiger charge is 2.23. The molecule has 2 fully saturated rings. The molecule has 11 heteroatoms. The van der Waals surface area contributed by atoms with Crippen molar-refractivity contribution in [1.29, 1.82) is 0 Å². The molecule has 1 atom stereocenters. The lowest BCUT2D eigenvalue weighted by molar-refractivity contribution is 0.111. The predicted molar refractivity (Wildman–Crippen MR) is 147 cm³/mol. The number of fused-ring (bicyclic) bond motifs is 3. The minimum atomic E-state index is -0.701. The van der Waals surface area contributed by atoms with Crippen LogP contribution in [0.3, 0.4) is 0 Å². The van der Waals surface area contributed by atoms with E-state index in [4.69, 9.17) is 14.2 Å². The molecule has 2 aliphatic heterocycles. The van der Waals surface area contributed by atoms with Crippen LogP contribution < -0.4 is 20.2 Å². The highest BCUT2D eigenvalue weighted by atomic mass is 19.1. The number of likely N-dealkylation sites (tertiary alicyclic amines) is 1. The minimum Gasteiger partial charge on any atom is -0.496 e. The van der Waals surface area contributed by atoms with Gasteiger partial charge >= 0.3 is 5.69 Å². The topological polar surface area (TPSA) is 86.9 Å². The zero-order chi connectivity index (χ0) is 26.9. The molecule has 4 aromatic rings. The van der Waals surface area contributed by atoms with E-state index in [0.717, 1.165) is 52.6 Å². The Balaban J connectivity index is 1.30. The van der Waals surface area contributed by atoms with Crippen LogP contribution in [0.4, 0.5) is 4.39 Å². The van der Waals surface area contributed by atoms with Crippen LogP contribution in [0.1, 0.15) is 12.8 Å². The first-order chi connectivity index (χ1) is 19.0. The predicted octanol–water partition coefficient (Wildman–Crippen LogP) is 2.74. The van der Waals surface area contributed by atoms with Gasteiger partial charge in [0.15, 0.2) is 0 Å². The fourth-order valence-corrected chi connectivity index (χ4v) is 5.49. The van der Waals surface area contributed by atoms with Crippen LogP contribution in [0.25, 0.3) is 33.1 Å². The Labute approximate surface area is 225 Å². The summed E-state index contributed by atoms with van der Waals surface area (Å²) in [6.45, 7) is 5.09. The largest absolute Gasteiger partial charge is 0.496 e. The van der Waals surface area contributed by atoms with E-state index >= 15 is 0 Å². The van der Waals surface area contributed by atoms with Crippen molar-refractivity contribution in [3.8, 4) is 22.8 Å². The lowest BCUT2D eigenvalue weighted by atomic mass is 10.0. The van der Waals surface area contributed by atoms with Gasteiger partial charge in [-0.15, -0.1) is 0 Å². The number of aromatic nitrogens is 4. The summed E-state index contributed by atoms with van der Waals surface area (Å²) in [5, 5.41) is 2.88. The van der Waals surface area contributed by atoms with Gasteiger partial charge in [-0.25, -0.2) is 18.8 Å². The summed E-state index contributed by atoms with van der Waals surface area (Å²) in [6, 6.07) is 7.72. The van der Waals surface area contributed by atoms with E-state index in [1.165, 1.54) is 0 Å². The van der Waals surface area contributed by atoms with Gasteiger partial charge in [-0.2, -0.15) is 0 Å². The molecule has 0 radical (unpaired) electrons. The Kier molecular flexibility index (Phi) is 7.09. The lowest BCUT2D eigenvalue weighted by Gasteiger charge is -2.29. The molecule has 0 bridgehead atoms. The summed E-state index contributed by atoms with van der Waals surface area (Å²) in [5.74, 6) is 1.20. The van der Waals surface area contributed by atoms with E-state index in [9.17, 15) is 9.18 Å². The molecule has 39 heavy (non-hydrogen) atoms. The lowest BCUT2D eigenvalue weighted by Crippen LogP contribution is -2.48. The molecule has 0 N–H and O–H groups in total. The van der Waals surface area contributed by atoms with Crippen molar-refractivity contribution in [3.05, 3.63) is 47.1 Å². The van der Waals surface area contributed by atoms with Gasteiger partial charge in [0, 0.05) is 61.5 Å². The van der Waals surface area contributed by atoms with Gasteiger partial charge in [-0.05, 0) is 25.0 Å². The molecule has 0 spiro atoms. The maximum absolute atomic E-state index is 13.3. The van der Waals surface area contributed by atoms with Gasteiger partial charge in [0.25, 0.3) is 0 Å². The summed E-state index contributed by atoms with van der Waals surface area (Å²) >= 11 is 0. The van der Waals surface area contributed by atoms with Crippen molar-refractivity contribution in [1.82, 2.24) is 24.1 Å². The Morgan fingerprint density at radius 2 is 1.97 bits per heavy atom. The average Bonchev–Trinajstić information content (AvgIpc) is 3.50. The molecule has 0 saturated carbocycles. The van der Waals surface area contributed by atoms with Crippen molar-refractivity contribution in [3.63, 3.8) is 0 Å². The Morgan fingerprint density at radius 3 is 2.69 bits per heavy atom. The number of halogens is 1. The van der Waals surface area contributed by atoms with Crippen LogP contribution in [-0.4, -0.2) is 89.9 Å². The molecular weight excluding hydrogens is 503 g/mol. The fraction of sp³-hybridized carbons (Fsp3) is 0.464. The first-order valence-electron chi connectivity index (χ1n) is 13.4. The molecule has 206 valence electrons. The van der Waals surface area contributed by atoms with Gasteiger partial charge in [0.1, 0.15) is 17.4 Å². The average molecular weight is 537 g/mol. The molecule has 2 saturated heterocycles. The van der Waals surface area contributed by atoms with E-state index < -0.39 is 6.17 Å². The number of nitrogens with zero attached hydrogens (tertiary/aromatic N) is 6. The number of aryl methyl sites for hydroxylation is 1. The van der Waals surface area contributed by atoms with Crippen LogP contribution in [0.15, 0.2) is 41.5 Å². The van der Waals surface area contributed by atoms with E-state index in [1.54, 1.807) is 35.8 Å². The highest BCUT2D eigenvalue weighted by molar-refractivity contribution is 6.05. The van der Waals surface area contributed by atoms with Crippen molar-refractivity contribution in [2.75, 3.05) is 64.7 Å². The summed E-state index contributed by atoms with van der Waals surface area (Å²) in [6.07, 6.45) is 4.25. The Hall–Kier alpha value is -3.70. The van der Waals surface area contributed by atoms with Gasteiger partial charge in [-0.1, -0.05) is 0 Å². The second kappa shape index (κ2) is 10.8. The van der Waals surface area contributed by atoms with Crippen LogP contribution in [-0.2, 0) is 11.8 Å². The quantitative estimate of drug-likeness (QED) is 0.318. The van der Waals surface area contributed by atoms with E-state index in [0.29, 0.717) is 57.5 Å². The zero-order valence-corrected chi connectivity index (χ0v) is 22.3. The summed E-state index contributed by atoms with van der Waals surface area (Å²) in [5.41, 5.74) is 3.89. The molecule has 1 aromatic carbocycles. The summed E-state index contributed by atoms with van der Waals surface area (Å²) < 4.78 is 33.8. The number of pyridine rings is 2. The van der Waals surface area contributed by atoms with Crippen molar-refractivity contribution >= 4 is 21.9 Å². The molecular formula is C28H33FN6O4. The molecule has 10 nitrogen and oxygen atoms in total. The minimum absolute atomic E-state index is 0.115. The molecule has 2 aliphatic rings. The Morgan fingerprint density at radius 1 is 1.13 bits per heavy atom. The highest BCUT2D eigenvalue weighted by Crippen LogP contribution is 2.36. The number of benzene rings is 1. The summed E-state index contributed by atoms with van der Waals surface area (Å²) in [4.78, 5) is 24.6. The molecule has 3 aromatic heterocycles. The van der Waals surface area contributed by atoms with Crippen LogP contribution in [0.2, 0.25) is 0 Å². The first kappa shape index (κ1) is 25.6. The standard InChI is InChI=1S/C28H33FN6O4/c1-32-24-17-30-23-15-25(37-2)21(14-22(23)27(24)35(28(32)36)34-9-12-38-13-10-34)19-4-5-26(31-16-19)39-11-3-7-33-8-6-20(29)18-33/h4-5,14-17,20H,3,6-13,18H2,1-2H3/t20-/m0/s1. The normalized spacial score (nSPS) is 18.3. The number of rotatable bonds is 8. The van der Waals surface area contributed by atoms with E-state index in [-0.39, 0.29) is 5.69 Å². The monoisotopic (exact) mass is 536 g/mol. The number of alkyl halides is 1. The van der Waals surface area contributed by atoms with E-state index in [1.807, 2.05) is 29.3 Å². The maximum Gasteiger partial charge on any atom is 0.347 e. The molecule has 0 amide bonds. The summed E-state index contributed by atoms with van der Waals surface area (Å²) in [7, 11) is 3.40. The molecule has 6 rings (SSSR count). The second-order valence-electron chi connectivity index (χ2n) is 10.1. The van der Waals surface area contributed by atoms with Crippen LogP contribution in [0.5, 0.6) is 11.6 Å². The molecule has 0 unspecified atom stereocenters. The van der Waals surface area contributed by atoms with Crippen LogP contribution in [0, 0.1) is 0 Å². The third-order valence-corrected chi connectivity index (χ3v) is 7.58. The van der Waals surface area contributed by atoms with Gasteiger partial charge < -0.3 is 24.1 Å². The van der Waals surface area contributed by atoms with Gasteiger partial charge in [0.2, 0.25) is 5.88 Å². The zero-order valence-electron chi connectivity index (χ0n) is 22.3. The number of ether oxygens (including phenoxy) is 3. The maximum atomic E-state index is 13.3. The first-order valence-corrected chi connectivity index (χ1v) is 13.4. The molecule has 5 heterocycles. The number of hydrogen-bond donors (Lipinski definition) is 0. The van der Waals surface area contributed by atoms with E-state index in [2.05, 4.69) is 14.9 Å². The number of morpholine rings is 1. The van der Waals surface area contributed by atoms with Crippen LogP contribution >= 0.6 is 0 Å². The fourth-order valence-electron chi connectivity index (χ4n) is 5.49.